The molecular formula is C22H25N2O8S2-. The lowest BCUT2D eigenvalue weighted by molar-refractivity contribution is -0.297. The number of benzene rings is 2. The largest absolute Gasteiger partial charge is 0.545 e. The van der Waals surface area contributed by atoms with Gasteiger partial charge in [-0.3, -0.25) is 4.72 Å². The molecule has 1 saturated heterocycles. The topological polar surface area (TPSA) is 142 Å². The maximum Gasteiger partial charge on any atom is 0.265 e. The molecule has 0 radical (unpaired) electrons. The number of anilines is 1. The number of hydrogen-bond acceptors (Lipinski definition) is 8. The molecule has 34 heavy (non-hydrogen) atoms. The minimum atomic E-state index is -4.23. The number of hydrogen-bond donors (Lipinski definition) is 1. The van der Waals surface area contributed by atoms with Crippen LogP contribution in [0.15, 0.2) is 52.3 Å². The van der Waals surface area contributed by atoms with Crippen molar-refractivity contribution in [3.8, 4) is 11.5 Å². The standard InChI is InChI=1S/C22H26N2O8S2/c1-31-19-14-16(6-11-21(25)26)15-20(22(19)32-2)33(27,28)23-17-7-9-18(10-8-17)34(29,30)24-12-4-3-5-13-24/h6-11,14-15,23H,3-5,12-13H2,1-2H3,(H,25,26)/p-1/b11-6+. The van der Waals surface area contributed by atoms with Crippen LogP contribution in [0.5, 0.6) is 11.5 Å². The Morgan fingerprint density at radius 2 is 1.65 bits per heavy atom. The molecule has 1 aliphatic rings. The van der Waals surface area contributed by atoms with Crippen LogP contribution < -0.4 is 19.3 Å². The van der Waals surface area contributed by atoms with Gasteiger partial charge in [0.1, 0.15) is 4.90 Å². The van der Waals surface area contributed by atoms with Gasteiger partial charge in [0, 0.05) is 18.8 Å². The fourth-order valence-electron chi connectivity index (χ4n) is 3.57. The van der Waals surface area contributed by atoms with Gasteiger partial charge in [-0.1, -0.05) is 12.5 Å². The molecule has 0 aliphatic carbocycles. The number of nitrogens with one attached hydrogen (secondary N) is 1. The summed E-state index contributed by atoms with van der Waals surface area (Å²) in [6.45, 7) is 0.919. The SMILES string of the molecule is COc1cc(/C=C/C(=O)[O-])cc(S(=O)(=O)Nc2ccc(S(=O)(=O)N3CCCCC3)cc2)c1OC. The summed E-state index contributed by atoms with van der Waals surface area (Å²) >= 11 is 0. The zero-order valence-electron chi connectivity index (χ0n) is 18.7. The van der Waals surface area contributed by atoms with Crippen molar-refractivity contribution in [3.63, 3.8) is 0 Å². The molecule has 0 unspecified atom stereocenters. The van der Waals surface area contributed by atoms with E-state index in [0.29, 0.717) is 13.1 Å². The predicted molar refractivity (Wildman–Crippen MR) is 123 cm³/mol. The van der Waals surface area contributed by atoms with Gasteiger partial charge < -0.3 is 19.4 Å². The summed E-state index contributed by atoms with van der Waals surface area (Å²) in [4.78, 5) is 10.5. The lowest BCUT2D eigenvalue weighted by atomic mass is 10.2. The van der Waals surface area contributed by atoms with Gasteiger partial charge >= 0.3 is 0 Å². The maximum absolute atomic E-state index is 13.1. The van der Waals surface area contributed by atoms with E-state index in [1.807, 2.05) is 0 Å². The fraction of sp³-hybridized carbons (Fsp3) is 0.318. The number of methoxy groups -OCH3 is 2. The van der Waals surface area contributed by atoms with Crippen LogP contribution in [-0.2, 0) is 24.8 Å². The molecule has 0 amide bonds. The van der Waals surface area contributed by atoms with Crippen LogP contribution in [0.3, 0.4) is 0 Å². The molecular weight excluding hydrogens is 484 g/mol. The summed E-state index contributed by atoms with van der Waals surface area (Å²) in [5.74, 6) is -1.45. The third kappa shape index (κ3) is 5.69. The average molecular weight is 510 g/mol. The molecule has 2 aromatic rings. The van der Waals surface area contributed by atoms with Gasteiger partial charge in [-0.25, -0.2) is 16.8 Å². The molecule has 12 heteroatoms. The summed E-state index contributed by atoms with van der Waals surface area (Å²) in [6, 6.07) is 8.04. The Hall–Kier alpha value is -3.09. The average Bonchev–Trinajstić information content (AvgIpc) is 2.82. The summed E-state index contributed by atoms with van der Waals surface area (Å²) in [7, 11) is -5.30. The highest BCUT2D eigenvalue weighted by atomic mass is 32.2. The van der Waals surface area contributed by atoms with Crippen molar-refractivity contribution in [2.45, 2.75) is 29.1 Å². The van der Waals surface area contributed by atoms with Crippen LogP contribution in [0, 0.1) is 0 Å². The van der Waals surface area contributed by atoms with E-state index in [4.69, 9.17) is 9.47 Å². The number of ether oxygens (including phenoxy) is 2. The van der Waals surface area contributed by atoms with E-state index in [0.717, 1.165) is 31.4 Å². The Balaban J connectivity index is 1.92. The Bertz CT molecular complexity index is 1280. The zero-order chi connectivity index (χ0) is 24.9. The predicted octanol–water partition coefficient (Wildman–Crippen LogP) is 1.44. The normalized spacial score (nSPS) is 15.2. The summed E-state index contributed by atoms with van der Waals surface area (Å²) < 4.78 is 66.1. The van der Waals surface area contributed by atoms with E-state index < -0.39 is 26.0 Å². The Kier molecular flexibility index (Phi) is 7.85. The van der Waals surface area contributed by atoms with Crippen LogP contribution in [0.1, 0.15) is 24.8 Å². The van der Waals surface area contributed by atoms with Gasteiger partial charge in [0.25, 0.3) is 10.0 Å². The van der Waals surface area contributed by atoms with Gasteiger partial charge in [-0.05, 0) is 60.9 Å². The molecule has 1 fully saturated rings. The second kappa shape index (κ2) is 10.5. The molecule has 0 saturated carbocycles. The summed E-state index contributed by atoms with van der Waals surface area (Å²) in [5.41, 5.74) is 0.361. The van der Waals surface area contributed by atoms with Gasteiger partial charge in [-0.2, -0.15) is 4.31 Å². The molecule has 1 N–H and O–H groups in total. The highest BCUT2D eigenvalue weighted by Gasteiger charge is 2.27. The highest BCUT2D eigenvalue weighted by molar-refractivity contribution is 7.92. The minimum absolute atomic E-state index is 0.0750. The number of rotatable bonds is 9. The molecule has 10 nitrogen and oxygen atoms in total. The first kappa shape index (κ1) is 25.5. The monoisotopic (exact) mass is 509 g/mol. The fourth-order valence-corrected chi connectivity index (χ4v) is 6.36. The second-order valence-electron chi connectivity index (χ2n) is 7.50. The number of sulfonamides is 2. The van der Waals surface area contributed by atoms with Gasteiger partial charge in [-0.15, -0.1) is 0 Å². The minimum Gasteiger partial charge on any atom is -0.545 e. The van der Waals surface area contributed by atoms with Crippen molar-refractivity contribution in [2.24, 2.45) is 0 Å². The summed E-state index contributed by atoms with van der Waals surface area (Å²) in [5, 5.41) is 10.7. The van der Waals surface area contributed by atoms with Crippen molar-refractivity contribution < 1.29 is 36.2 Å². The number of carboxylic acid groups (broad SMARTS) is 1. The summed E-state index contributed by atoms with van der Waals surface area (Å²) in [6.07, 6.45) is 4.52. The van der Waals surface area contributed by atoms with Crippen molar-refractivity contribution >= 4 is 37.8 Å². The maximum atomic E-state index is 13.1. The number of carboxylic acids is 1. The van der Waals surface area contributed by atoms with Gasteiger partial charge in [0.05, 0.1) is 25.1 Å². The van der Waals surface area contributed by atoms with E-state index in [-0.39, 0.29) is 32.5 Å². The van der Waals surface area contributed by atoms with Crippen molar-refractivity contribution in [3.05, 3.63) is 48.0 Å². The van der Waals surface area contributed by atoms with E-state index in [1.54, 1.807) is 0 Å². The van der Waals surface area contributed by atoms with Crippen LogP contribution in [-0.4, -0.2) is 54.4 Å². The van der Waals surface area contributed by atoms with Crippen molar-refractivity contribution in [1.29, 1.82) is 0 Å². The number of aliphatic carboxylic acids is 1. The smallest absolute Gasteiger partial charge is 0.265 e. The number of carbonyl (C=O) groups excluding carboxylic acids is 1. The highest BCUT2D eigenvalue weighted by Crippen LogP contribution is 2.37. The number of nitrogens with zero attached hydrogens (tertiary/aromatic N) is 1. The Morgan fingerprint density at radius 3 is 2.21 bits per heavy atom. The van der Waals surface area contributed by atoms with E-state index in [1.165, 1.54) is 54.9 Å². The molecule has 1 aliphatic heterocycles. The lowest BCUT2D eigenvalue weighted by Crippen LogP contribution is -2.35. The van der Waals surface area contributed by atoms with E-state index >= 15 is 0 Å². The second-order valence-corrected chi connectivity index (χ2v) is 11.1. The number of piperidine rings is 1. The van der Waals surface area contributed by atoms with Gasteiger partial charge in [0.2, 0.25) is 10.0 Å². The molecule has 0 bridgehead atoms. The van der Waals surface area contributed by atoms with Crippen molar-refractivity contribution in [1.82, 2.24) is 4.31 Å². The molecule has 2 aromatic carbocycles. The van der Waals surface area contributed by atoms with Crippen LogP contribution in [0.2, 0.25) is 0 Å². The third-order valence-electron chi connectivity index (χ3n) is 5.23. The molecule has 0 aromatic heterocycles. The number of carbonyl (C=O) groups is 1. The molecule has 3 rings (SSSR count). The van der Waals surface area contributed by atoms with Crippen LogP contribution >= 0.6 is 0 Å². The van der Waals surface area contributed by atoms with Crippen LogP contribution in [0.25, 0.3) is 6.08 Å². The van der Waals surface area contributed by atoms with Gasteiger partial charge in [0.15, 0.2) is 11.5 Å². The first-order valence-corrected chi connectivity index (χ1v) is 13.3. The molecule has 0 spiro atoms. The molecule has 1 heterocycles. The molecule has 184 valence electrons. The van der Waals surface area contributed by atoms with Crippen molar-refractivity contribution in [2.75, 3.05) is 32.0 Å². The molecule has 0 atom stereocenters. The van der Waals surface area contributed by atoms with E-state index in [9.17, 15) is 26.7 Å². The van der Waals surface area contributed by atoms with E-state index in [2.05, 4.69) is 4.72 Å². The zero-order valence-corrected chi connectivity index (χ0v) is 20.3. The first-order valence-electron chi connectivity index (χ1n) is 10.4. The third-order valence-corrected chi connectivity index (χ3v) is 8.53. The Morgan fingerprint density at radius 1 is 1.00 bits per heavy atom. The first-order chi connectivity index (χ1) is 16.1. The quantitative estimate of drug-likeness (QED) is 0.501. The van der Waals surface area contributed by atoms with Crippen LogP contribution in [0.4, 0.5) is 5.69 Å². The lowest BCUT2D eigenvalue weighted by Gasteiger charge is -2.25. The Labute approximate surface area is 198 Å².